The van der Waals surface area contributed by atoms with Gasteiger partial charge in [-0.1, -0.05) is 30.9 Å². The minimum Gasteiger partial charge on any atom is -0.452 e. The van der Waals surface area contributed by atoms with Crippen LogP contribution in [-0.2, 0) is 9.53 Å². The number of imide groups is 1. The molecule has 1 aliphatic carbocycles. The number of fused-ring (bicyclic) bond motifs is 1. The summed E-state index contributed by atoms with van der Waals surface area (Å²) in [6, 6.07) is 6.81. The number of hydrogen-bond donors (Lipinski definition) is 2. The Morgan fingerprint density at radius 2 is 1.86 bits per heavy atom. The molecule has 0 aliphatic heterocycles. The summed E-state index contributed by atoms with van der Waals surface area (Å²) < 4.78 is 5.12. The highest BCUT2D eigenvalue weighted by Gasteiger charge is 2.19. The van der Waals surface area contributed by atoms with Crippen LogP contribution in [0.4, 0.5) is 4.79 Å². The quantitative estimate of drug-likeness (QED) is 0.791. The molecule has 1 saturated carbocycles. The van der Waals surface area contributed by atoms with Crippen molar-refractivity contribution in [1.82, 2.24) is 15.6 Å². The Morgan fingerprint density at radius 1 is 1.11 bits per heavy atom. The Labute approximate surface area is 163 Å². The first kappa shape index (κ1) is 19.8. The van der Waals surface area contributed by atoms with Gasteiger partial charge >= 0.3 is 12.0 Å². The lowest BCUT2D eigenvalue weighted by molar-refractivity contribution is -0.123. The van der Waals surface area contributed by atoms with E-state index in [2.05, 4.69) is 15.6 Å². The van der Waals surface area contributed by atoms with Gasteiger partial charge in [-0.25, -0.2) is 9.59 Å². The summed E-state index contributed by atoms with van der Waals surface area (Å²) in [4.78, 5) is 40.8. The molecule has 28 heavy (non-hydrogen) atoms. The van der Waals surface area contributed by atoms with Gasteiger partial charge in [0.25, 0.3) is 5.91 Å². The molecular weight excluding hydrogens is 358 g/mol. The molecule has 0 unspecified atom stereocenters. The summed E-state index contributed by atoms with van der Waals surface area (Å²) in [5.74, 6) is -1.28. The van der Waals surface area contributed by atoms with Gasteiger partial charge in [0.15, 0.2) is 6.61 Å². The van der Waals surface area contributed by atoms with E-state index in [4.69, 9.17) is 4.74 Å². The van der Waals surface area contributed by atoms with Gasteiger partial charge in [0.05, 0.1) is 11.1 Å². The van der Waals surface area contributed by atoms with E-state index < -0.39 is 24.5 Å². The van der Waals surface area contributed by atoms with Crippen LogP contribution in [-0.4, -0.2) is 35.5 Å². The summed E-state index contributed by atoms with van der Waals surface area (Å²) >= 11 is 0. The van der Waals surface area contributed by atoms with Crippen molar-refractivity contribution in [1.29, 1.82) is 0 Å². The minimum atomic E-state index is -0.659. The average molecular weight is 383 g/mol. The summed E-state index contributed by atoms with van der Waals surface area (Å²) in [7, 11) is 0. The highest BCUT2D eigenvalue weighted by atomic mass is 16.5. The van der Waals surface area contributed by atoms with Crippen LogP contribution in [0.1, 0.15) is 53.7 Å². The van der Waals surface area contributed by atoms with E-state index in [0.29, 0.717) is 22.2 Å². The molecule has 1 fully saturated rings. The van der Waals surface area contributed by atoms with E-state index in [-0.39, 0.29) is 6.04 Å². The molecule has 1 aliphatic rings. The number of ether oxygens (including phenoxy) is 1. The number of hydrogen-bond acceptors (Lipinski definition) is 5. The number of amides is 3. The van der Waals surface area contributed by atoms with Crippen LogP contribution in [0, 0.1) is 13.8 Å². The number of rotatable bonds is 4. The lowest BCUT2D eigenvalue weighted by atomic mass is 9.96. The molecule has 7 heteroatoms. The van der Waals surface area contributed by atoms with Gasteiger partial charge in [-0.15, -0.1) is 0 Å². The zero-order valence-electron chi connectivity index (χ0n) is 16.2. The van der Waals surface area contributed by atoms with Crippen molar-refractivity contribution >= 4 is 28.8 Å². The second-order valence-corrected chi connectivity index (χ2v) is 7.26. The van der Waals surface area contributed by atoms with Gasteiger partial charge in [0.2, 0.25) is 0 Å². The van der Waals surface area contributed by atoms with E-state index in [1.54, 1.807) is 13.0 Å². The lowest BCUT2D eigenvalue weighted by Gasteiger charge is -2.22. The van der Waals surface area contributed by atoms with E-state index >= 15 is 0 Å². The van der Waals surface area contributed by atoms with Crippen LogP contribution in [0.3, 0.4) is 0 Å². The summed E-state index contributed by atoms with van der Waals surface area (Å²) in [5, 5.41) is 5.67. The van der Waals surface area contributed by atoms with Gasteiger partial charge in [0.1, 0.15) is 0 Å². The SMILES string of the molecule is Cc1ccc2nc(C)cc(C(=O)OCC(=O)NC(=O)NC3CCCCC3)c2c1. The molecule has 0 radical (unpaired) electrons. The highest BCUT2D eigenvalue weighted by Crippen LogP contribution is 2.21. The standard InChI is InChI=1S/C21H25N3O4/c1-13-8-9-18-16(10-13)17(11-14(2)22-18)20(26)28-12-19(25)24-21(27)23-15-6-4-3-5-7-15/h8-11,15H,3-7,12H2,1-2H3,(H2,23,24,25,27). The van der Waals surface area contributed by atoms with Crippen molar-refractivity contribution in [3.05, 3.63) is 41.1 Å². The number of aromatic nitrogens is 1. The number of urea groups is 1. The number of nitrogens with zero attached hydrogens (tertiary/aromatic N) is 1. The topological polar surface area (TPSA) is 97.4 Å². The van der Waals surface area contributed by atoms with E-state index in [1.165, 1.54) is 6.42 Å². The molecule has 1 aromatic heterocycles. The van der Waals surface area contributed by atoms with Crippen LogP contribution in [0.15, 0.2) is 24.3 Å². The van der Waals surface area contributed by atoms with Crippen molar-refractivity contribution in [3.63, 3.8) is 0 Å². The smallest absolute Gasteiger partial charge is 0.339 e. The van der Waals surface area contributed by atoms with Crippen LogP contribution >= 0.6 is 0 Å². The monoisotopic (exact) mass is 383 g/mol. The number of benzene rings is 1. The van der Waals surface area contributed by atoms with Gasteiger partial charge in [-0.05, 0) is 44.9 Å². The third-order valence-corrected chi connectivity index (χ3v) is 4.84. The molecule has 0 bridgehead atoms. The second-order valence-electron chi connectivity index (χ2n) is 7.26. The average Bonchev–Trinajstić information content (AvgIpc) is 2.66. The zero-order valence-corrected chi connectivity index (χ0v) is 16.2. The summed E-state index contributed by atoms with van der Waals surface area (Å²) in [5.41, 5.74) is 2.71. The Hall–Kier alpha value is -2.96. The van der Waals surface area contributed by atoms with Crippen LogP contribution in [0.25, 0.3) is 10.9 Å². The predicted octanol–water partition coefficient (Wildman–Crippen LogP) is 3.17. The van der Waals surface area contributed by atoms with Crippen LogP contribution < -0.4 is 10.6 Å². The first-order chi connectivity index (χ1) is 13.4. The fraction of sp³-hybridized carbons (Fsp3) is 0.429. The van der Waals surface area contributed by atoms with Crippen LogP contribution in [0.2, 0.25) is 0 Å². The molecule has 7 nitrogen and oxygen atoms in total. The Balaban J connectivity index is 1.58. The molecule has 1 aromatic carbocycles. The van der Waals surface area contributed by atoms with Crippen molar-refractivity contribution in [2.45, 2.75) is 52.0 Å². The number of carbonyl (C=O) groups excluding carboxylic acids is 3. The first-order valence-electron chi connectivity index (χ1n) is 9.58. The third kappa shape index (κ3) is 5.06. The molecule has 0 saturated heterocycles. The first-order valence-corrected chi connectivity index (χ1v) is 9.58. The van der Waals surface area contributed by atoms with E-state index in [9.17, 15) is 14.4 Å². The minimum absolute atomic E-state index is 0.0958. The van der Waals surface area contributed by atoms with Gasteiger partial charge in [-0.3, -0.25) is 15.1 Å². The molecule has 1 heterocycles. The molecule has 2 N–H and O–H groups in total. The Morgan fingerprint density at radius 3 is 2.61 bits per heavy atom. The van der Waals surface area contributed by atoms with Gasteiger partial charge < -0.3 is 10.1 Å². The Kier molecular flexibility index (Phi) is 6.23. The van der Waals surface area contributed by atoms with Crippen molar-refractivity contribution in [2.75, 3.05) is 6.61 Å². The maximum absolute atomic E-state index is 12.5. The highest BCUT2D eigenvalue weighted by molar-refractivity contribution is 6.04. The molecule has 2 aromatic rings. The molecule has 0 spiro atoms. The maximum Gasteiger partial charge on any atom is 0.339 e. The molecule has 3 rings (SSSR count). The number of aryl methyl sites for hydroxylation is 2. The molecule has 3 amide bonds. The van der Waals surface area contributed by atoms with Crippen molar-refractivity contribution in [3.8, 4) is 0 Å². The number of pyridine rings is 1. The molecule has 148 valence electrons. The normalized spacial score (nSPS) is 14.5. The third-order valence-electron chi connectivity index (χ3n) is 4.84. The van der Waals surface area contributed by atoms with Crippen molar-refractivity contribution in [2.24, 2.45) is 0 Å². The lowest BCUT2D eigenvalue weighted by Crippen LogP contribution is -2.46. The summed E-state index contributed by atoms with van der Waals surface area (Å²) in [6.45, 7) is 3.19. The fourth-order valence-electron chi connectivity index (χ4n) is 3.48. The fourth-order valence-corrected chi connectivity index (χ4v) is 3.48. The summed E-state index contributed by atoms with van der Waals surface area (Å²) in [6.07, 6.45) is 5.18. The number of nitrogens with one attached hydrogen (secondary N) is 2. The number of carbonyl (C=O) groups is 3. The van der Waals surface area contributed by atoms with Crippen LogP contribution in [0.5, 0.6) is 0 Å². The predicted molar refractivity (Wildman–Crippen MR) is 105 cm³/mol. The maximum atomic E-state index is 12.5. The number of esters is 1. The van der Waals surface area contributed by atoms with E-state index in [1.807, 2.05) is 25.1 Å². The Bertz CT molecular complexity index is 904. The largest absolute Gasteiger partial charge is 0.452 e. The zero-order chi connectivity index (χ0) is 20.1. The molecule has 0 atom stereocenters. The van der Waals surface area contributed by atoms with E-state index in [0.717, 1.165) is 31.2 Å². The second kappa shape index (κ2) is 8.82. The van der Waals surface area contributed by atoms with Gasteiger partial charge in [0, 0.05) is 17.1 Å². The molecular formula is C21H25N3O4. The van der Waals surface area contributed by atoms with Crippen molar-refractivity contribution < 1.29 is 19.1 Å². The van der Waals surface area contributed by atoms with Gasteiger partial charge in [-0.2, -0.15) is 0 Å².